The van der Waals surface area contributed by atoms with Gasteiger partial charge < -0.3 is 5.73 Å². The number of nitrogens with two attached hydrogens (primary N) is 1. The van der Waals surface area contributed by atoms with Gasteiger partial charge in [0.05, 0.1) is 6.20 Å². The Bertz CT molecular complexity index is 399. The highest BCUT2D eigenvalue weighted by Gasteiger charge is 1.98. The number of nitrogens with zero attached hydrogens (tertiary/aromatic N) is 2. The Morgan fingerprint density at radius 1 is 1.31 bits per heavy atom. The van der Waals surface area contributed by atoms with Gasteiger partial charge in [-0.3, -0.25) is 4.40 Å². The van der Waals surface area contributed by atoms with E-state index in [1.54, 1.807) is 22.9 Å². The van der Waals surface area contributed by atoms with Crippen LogP contribution < -0.4 is 5.73 Å². The van der Waals surface area contributed by atoms with E-state index in [2.05, 4.69) is 4.98 Å². The lowest BCUT2D eigenvalue weighted by atomic mass is 10.4. The van der Waals surface area contributed by atoms with Crippen LogP contribution in [0.3, 0.4) is 0 Å². The number of nitrogen functional groups attached to an aromatic ring is 1. The molecule has 0 saturated carbocycles. The zero-order chi connectivity index (χ0) is 7.84. The maximum Gasteiger partial charge on any atom is 0.137 e. The molecule has 72 valence electrons. The van der Waals surface area contributed by atoms with Crippen molar-refractivity contribution in [3.63, 3.8) is 0 Å². The predicted octanol–water partition coefficient (Wildman–Crippen LogP) is 2.41. The lowest BCUT2D eigenvalue weighted by Gasteiger charge is -1.95. The Hall–Kier alpha value is -0.640. The van der Waals surface area contributed by atoms with E-state index in [1.807, 2.05) is 6.07 Å². The quantitative estimate of drug-likeness (QED) is 0.768. The number of halogens is 3. The number of aromatic nitrogens is 2. The van der Waals surface area contributed by atoms with Crippen LogP contribution in [0, 0.1) is 0 Å². The third-order valence-corrected chi connectivity index (χ3v) is 1.76. The largest absolute Gasteiger partial charge is 0.398 e. The highest BCUT2D eigenvalue weighted by molar-refractivity contribution is 6.29. The van der Waals surface area contributed by atoms with Gasteiger partial charge in [-0.2, -0.15) is 0 Å². The van der Waals surface area contributed by atoms with Gasteiger partial charge in [-0.05, 0) is 12.1 Å². The number of pyridine rings is 1. The van der Waals surface area contributed by atoms with E-state index in [0.29, 0.717) is 10.8 Å². The molecule has 0 aliphatic heterocycles. The number of anilines is 1. The molecule has 0 aliphatic rings. The molecule has 0 atom stereocenters. The fourth-order valence-electron chi connectivity index (χ4n) is 0.967. The zero-order valence-electron chi connectivity index (χ0n) is 6.48. The molecule has 2 rings (SSSR count). The third kappa shape index (κ3) is 2.18. The van der Waals surface area contributed by atoms with Gasteiger partial charge in [0.25, 0.3) is 0 Å². The summed E-state index contributed by atoms with van der Waals surface area (Å²) >= 11 is 5.79. The fourth-order valence-corrected chi connectivity index (χ4v) is 1.15. The van der Waals surface area contributed by atoms with Crippen LogP contribution in [0.5, 0.6) is 0 Å². The summed E-state index contributed by atoms with van der Waals surface area (Å²) in [5.74, 6) is 0. The summed E-state index contributed by atoms with van der Waals surface area (Å²) in [7, 11) is 0. The summed E-state index contributed by atoms with van der Waals surface area (Å²) in [6.07, 6.45) is 3.33. The van der Waals surface area contributed by atoms with Crippen LogP contribution in [0.1, 0.15) is 0 Å². The molecule has 0 unspecified atom stereocenters. The Kier molecular flexibility index (Phi) is 4.33. The van der Waals surface area contributed by atoms with Gasteiger partial charge in [0.1, 0.15) is 10.8 Å². The van der Waals surface area contributed by atoms with E-state index < -0.39 is 0 Å². The number of hydrogen-bond acceptors (Lipinski definition) is 2. The van der Waals surface area contributed by atoms with Crippen molar-refractivity contribution in [3.8, 4) is 0 Å². The molecule has 0 saturated heterocycles. The smallest absolute Gasteiger partial charge is 0.137 e. The first-order valence-corrected chi connectivity index (χ1v) is 3.53. The average molecular weight is 241 g/mol. The Morgan fingerprint density at radius 2 is 2.00 bits per heavy atom. The summed E-state index contributed by atoms with van der Waals surface area (Å²) in [5, 5.41) is 0.576. The van der Waals surface area contributed by atoms with Gasteiger partial charge in [-0.1, -0.05) is 11.6 Å². The summed E-state index contributed by atoms with van der Waals surface area (Å²) in [6.45, 7) is 0. The average Bonchev–Trinajstić information content (AvgIpc) is 2.33. The van der Waals surface area contributed by atoms with Crippen LogP contribution in [0.15, 0.2) is 24.5 Å². The van der Waals surface area contributed by atoms with Crippen molar-refractivity contribution in [3.05, 3.63) is 29.7 Å². The molecular formula is C7H8Cl3N3. The normalized spacial score (nSPS) is 9.00. The molecule has 0 bridgehead atoms. The monoisotopic (exact) mass is 239 g/mol. The molecule has 2 heterocycles. The van der Waals surface area contributed by atoms with E-state index in [9.17, 15) is 0 Å². The van der Waals surface area contributed by atoms with Gasteiger partial charge in [0, 0.05) is 11.9 Å². The van der Waals surface area contributed by atoms with Gasteiger partial charge in [-0.15, -0.1) is 24.8 Å². The van der Waals surface area contributed by atoms with Gasteiger partial charge in [0.15, 0.2) is 0 Å². The summed E-state index contributed by atoms with van der Waals surface area (Å²) in [6, 6.07) is 3.61. The van der Waals surface area contributed by atoms with Crippen LogP contribution >= 0.6 is 36.4 Å². The molecule has 0 amide bonds. The second-order valence-corrected chi connectivity index (χ2v) is 2.66. The first-order chi connectivity index (χ1) is 5.27. The number of rotatable bonds is 0. The standard InChI is InChI=1S/C7H6ClN3.2ClH/c8-6-3-10-7-2-1-5(9)4-11(6)7;;/h1-4H,9H2;2*1H. The van der Waals surface area contributed by atoms with E-state index in [4.69, 9.17) is 17.3 Å². The molecule has 3 nitrogen and oxygen atoms in total. The molecule has 2 aromatic rings. The van der Waals surface area contributed by atoms with Crippen molar-refractivity contribution < 1.29 is 0 Å². The van der Waals surface area contributed by atoms with Crippen LogP contribution in [0.4, 0.5) is 5.69 Å². The van der Waals surface area contributed by atoms with Crippen molar-refractivity contribution in [2.75, 3.05) is 5.73 Å². The van der Waals surface area contributed by atoms with Crippen LogP contribution in [-0.4, -0.2) is 9.38 Å². The molecule has 2 N–H and O–H groups in total. The minimum Gasteiger partial charge on any atom is -0.398 e. The Balaban J connectivity index is 0.000000720. The first kappa shape index (κ1) is 12.4. The molecule has 0 aromatic carbocycles. The lowest BCUT2D eigenvalue weighted by Crippen LogP contribution is -1.89. The maximum absolute atomic E-state index is 5.79. The highest BCUT2D eigenvalue weighted by Crippen LogP contribution is 2.13. The van der Waals surface area contributed by atoms with Crippen molar-refractivity contribution in [2.45, 2.75) is 0 Å². The Labute approximate surface area is 92.7 Å². The molecule has 2 aromatic heterocycles. The Morgan fingerprint density at radius 3 is 2.69 bits per heavy atom. The second-order valence-electron chi connectivity index (χ2n) is 2.27. The van der Waals surface area contributed by atoms with Gasteiger partial charge in [0.2, 0.25) is 0 Å². The van der Waals surface area contributed by atoms with Crippen LogP contribution in [-0.2, 0) is 0 Å². The SMILES string of the molecule is Cl.Cl.Nc1ccc2ncc(Cl)n2c1. The summed E-state index contributed by atoms with van der Waals surface area (Å²) < 4.78 is 1.73. The molecule has 0 fully saturated rings. The van der Waals surface area contributed by atoms with E-state index >= 15 is 0 Å². The molecule has 0 aliphatic carbocycles. The zero-order valence-corrected chi connectivity index (χ0v) is 8.86. The molecule has 0 radical (unpaired) electrons. The minimum absolute atomic E-state index is 0. The van der Waals surface area contributed by atoms with Gasteiger partial charge in [-0.25, -0.2) is 4.98 Å². The van der Waals surface area contributed by atoms with Crippen LogP contribution in [0.2, 0.25) is 5.15 Å². The molecule has 6 heteroatoms. The van der Waals surface area contributed by atoms with Crippen molar-refractivity contribution in [1.29, 1.82) is 0 Å². The van der Waals surface area contributed by atoms with Crippen molar-refractivity contribution in [2.24, 2.45) is 0 Å². The molecule has 13 heavy (non-hydrogen) atoms. The topological polar surface area (TPSA) is 43.3 Å². The first-order valence-electron chi connectivity index (χ1n) is 3.15. The number of imidazole rings is 1. The fraction of sp³-hybridized carbons (Fsp3) is 0. The van der Waals surface area contributed by atoms with Crippen molar-refractivity contribution in [1.82, 2.24) is 9.38 Å². The van der Waals surface area contributed by atoms with Crippen LogP contribution in [0.25, 0.3) is 5.65 Å². The van der Waals surface area contributed by atoms with Gasteiger partial charge >= 0.3 is 0 Å². The van der Waals surface area contributed by atoms with E-state index in [-0.39, 0.29) is 24.8 Å². The van der Waals surface area contributed by atoms with E-state index in [1.165, 1.54) is 0 Å². The van der Waals surface area contributed by atoms with E-state index in [0.717, 1.165) is 5.65 Å². The summed E-state index contributed by atoms with van der Waals surface area (Å²) in [4.78, 5) is 4.03. The third-order valence-electron chi connectivity index (χ3n) is 1.48. The number of fused-ring (bicyclic) bond motifs is 1. The number of hydrogen-bond donors (Lipinski definition) is 1. The highest BCUT2D eigenvalue weighted by atomic mass is 35.5. The lowest BCUT2D eigenvalue weighted by molar-refractivity contribution is 1.19. The van der Waals surface area contributed by atoms with Crippen molar-refractivity contribution >= 4 is 47.7 Å². The minimum atomic E-state index is 0. The summed E-state index contributed by atoms with van der Waals surface area (Å²) in [5.41, 5.74) is 7.03. The maximum atomic E-state index is 5.79. The molecular weight excluding hydrogens is 232 g/mol. The molecule has 0 spiro atoms. The predicted molar refractivity (Wildman–Crippen MR) is 59.1 cm³/mol. The second kappa shape index (κ2) is 4.56.